The van der Waals surface area contributed by atoms with E-state index in [1.165, 1.54) is 4.88 Å². The lowest BCUT2D eigenvalue weighted by Gasteiger charge is -2.21. The molecule has 0 spiro atoms. The van der Waals surface area contributed by atoms with Crippen molar-refractivity contribution in [2.75, 3.05) is 31.5 Å². The third-order valence-corrected chi connectivity index (χ3v) is 5.49. The van der Waals surface area contributed by atoms with Crippen molar-refractivity contribution in [1.29, 1.82) is 0 Å². The summed E-state index contributed by atoms with van der Waals surface area (Å²) in [4.78, 5) is 31.8. The van der Waals surface area contributed by atoms with Gasteiger partial charge in [-0.05, 0) is 44.7 Å². The molecule has 0 aliphatic carbocycles. The molecule has 0 bridgehead atoms. The summed E-state index contributed by atoms with van der Waals surface area (Å²) in [5.41, 5.74) is 0. The first-order chi connectivity index (χ1) is 12.1. The van der Waals surface area contributed by atoms with E-state index in [1.807, 2.05) is 11.1 Å². The van der Waals surface area contributed by atoms with E-state index in [0.717, 1.165) is 51.9 Å². The second kappa shape index (κ2) is 10.5. The van der Waals surface area contributed by atoms with Crippen LogP contribution in [0.5, 0.6) is 0 Å². The van der Waals surface area contributed by atoms with Gasteiger partial charge in [-0.15, -0.1) is 11.3 Å². The Morgan fingerprint density at radius 1 is 1.24 bits per heavy atom. The van der Waals surface area contributed by atoms with E-state index in [1.54, 1.807) is 11.3 Å². The number of carbonyl (C=O) groups excluding carboxylic acids is 2. The van der Waals surface area contributed by atoms with Gasteiger partial charge in [0.1, 0.15) is 0 Å². The molecule has 1 aromatic rings. The van der Waals surface area contributed by atoms with Crippen LogP contribution in [-0.4, -0.2) is 47.9 Å². The Morgan fingerprint density at radius 2 is 1.92 bits per heavy atom. The number of piperidine rings is 1. The smallest absolute Gasteiger partial charge is 0.226 e. The Morgan fingerprint density at radius 3 is 2.56 bits per heavy atom. The lowest BCUT2D eigenvalue weighted by Crippen LogP contribution is -2.33. The number of hydrogen-bond donors (Lipinski definition) is 2. The van der Waals surface area contributed by atoms with E-state index in [0.29, 0.717) is 11.0 Å². The zero-order valence-electron chi connectivity index (χ0n) is 15.3. The minimum atomic E-state index is -0.132. The third-order valence-electron chi connectivity index (χ3n) is 4.42. The quantitative estimate of drug-likeness (QED) is 0.705. The summed E-state index contributed by atoms with van der Waals surface area (Å²) in [6, 6.07) is 0. The predicted molar refractivity (Wildman–Crippen MR) is 102 cm³/mol. The number of carbonyl (C=O) groups is 2. The highest BCUT2D eigenvalue weighted by atomic mass is 32.1. The largest absolute Gasteiger partial charge is 0.343 e. The van der Waals surface area contributed by atoms with Crippen LogP contribution >= 0.6 is 11.3 Å². The van der Waals surface area contributed by atoms with E-state index in [9.17, 15) is 9.59 Å². The van der Waals surface area contributed by atoms with Crippen LogP contribution in [0.15, 0.2) is 6.20 Å². The summed E-state index contributed by atoms with van der Waals surface area (Å²) in [7, 11) is 0. The average molecular weight is 367 g/mol. The highest BCUT2D eigenvalue weighted by Gasteiger charge is 2.19. The Balaban J connectivity index is 1.78. The van der Waals surface area contributed by atoms with Crippen molar-refractivity contribution >= 4 is 28.3 Å². The fourth-order valence-corrected chi connectivity index (χ4v) is 4.10. The van der Waals surface area contributed by atoms with Gasteiger partial charge < -0.3 is 15.5 Å². The fraction of sp³-hybridized carbons (Fsp3) is 0.722. The normalized spacial score (nSPS) is 15.1. The van der Waals surface area contributed by atoms with Crippen LogP contribution in [0.1, 0.15) is 63.2 Å². The highest BCUT2D eigenvalue weighted by Crippen LogP contribution is 2.31. The van der Waals surface area contributed by atoms with Crippen LogP contribution < -0.4 is 10.6 Å². The van der Waals surface area contributed by atoms with Gasteiger partial charge in [-0.2, -0.15) is 0 Å². The number of thiazole rings is 1. The molecule has 2 heterocycles. The topological polar surface area (TPSA) is 74.3 Å². The van der Waals surface area contributed by atoms with E-state index in [2.05, 4.69) is 29.5 Å². The summed E-state index contributed by atoms with van der Waals surface area (Å²) in [5.74, 6) is 0.475. The van der Waals surface area contributed by atoms with E-state index < -0.39 is 0 Å². The van der Waals surface area contributed by atoms with Gasteiger partial charge in [0, 0.05) is 37.0 Å². The Hall–Kier alpha value is -1.47. The summed E-state index contributed by atoms with van der Waals surface area (Å²) in [6.45, 7) is 7.73. The molecule has 2 rings (SSSR count). The molecule has 1 saturated heterocycles. The van der Waals surface area contributed by atoms with Crippen molar-refractivity contribution in [3.05, 3.63) is 11.1 Å². The summed E-state index contributed by atoms with van der Waals surface area (Å²) >= 11 is 1.56. The monoisotopic (exact) mass is 366 g/mol. The molecule has 2 amide bonds. The first-order valence-electron chi connectivity index (χ1n) is 9.38. The molecule has 0 unspecified atom stereocenters. The molecule has 0 radical (unpaired) electrons. The molecule has 140 valence electrons. The van der Waals surface area contributed by atoms with Crippen molar-refractivity contribution < 1.29 is 9.59 Å². The zero-order chi connectivity index (χ0) is 18.1. The maximum atomic E-state index is 12.2. The standard InChI is InChI=1S/C18H30N4O2S/c1-3-11-22(12-4-2)17(24)6-5-16(23)21-18-20-13-15(25-18)14-7-9-19-10-8-14/h13-14,19H,3-12H2,1-2H3,(H,20,21,23). The molecule has 0 atom stereocenters. The molecule has 1 aromatic heterocycles. The molecule has 25 heavy (non-hydrogen) atoms. The minimum absolute atomic E-state index is 0.0633. The first kappa shape index (κ1) is 19.8. The number of anilines is 1. The second-order valence-electron chi connectivity index (χ2n) is 6.52. The van der Waals surface area contributed by atoms with Gasteiger partial charge in [-0.25, -0.2) is 4.98 Å². The van der Waals surface area contributed by atoms with Gasteiger partial charge in [-0.1, -0.05) is 13.8 Å². The van der Waals surface area contributed by atoms with Crippen LogP contribution in [0.25, 0.3) is 0 Å². The van der Waals surface area contributed by atoms with Crippen LogP contribution in [0, 0.1) is 0 Å². The van der Waals surface area contributed by atoms with Gasteiger partial charge in [0.2, 0.25) is 11.8 Å². The Kier molecular flexibility index (Phi) is 8.34. The van der Waals surface area contributed by atoms with E-state index in [4.69, 9.17) is 0 Å². The molecule has 2 N–H and O–H groups in total. The number of rotatable bonds is 9. The third kappa shape index (κ3) is 6.40. The molecular weight excluding hydrogens is 336 g/mol. The highest BCUT2D eigenvalue weighted by molar-refractivity contribution is 7.15. The average Bonchev–Trinajstić information content (AvgIpc) is 3.08. The minimum Gasteiger partial charge on any atom is -0.343 e. The first-order valence-corrected chi connectivity index (χ1v) is 10.2. The lowest BCUT2D eigenvalue weighted by atomic mass is 9.97. The number of amides is 2. The van der Waals surface area contributed by atoms with Crippen LogP contribution in [-0.2, 0) is 9.59 Å². The number of nitrogens with one attached hydrogen (secondary N) is 2. The van der Waals surface area contributed by atoms with Crippen LogP contribution in [0.2, 0.25) is 0 Å². The molecule has 1 fully saturated rings. The maximum Gasteiger partial charge on any atom is 0.226 e. The molecule has 0 aromatic carbocycles. The fourth-order valence-electron chi connectivity index (χ4n) is 3.10. The summed E-state index contributed by atoms with van der Waals surface area (Å²) < 4.78 is 0. The Bertz CT molecular complexity index is 549. The van der Waals surface area contributed by atoms with Gasteiger partial charge >= 0.3 is 0 Å². The predicted octanol–water partition coefficient (Wildman–Crippen LogP) is 2.98. The number of nitrogens with zero attached hydrogens (tertiary/aromatic N) is 2. The van der Waals surface area contributed by atoms with Crippen molar-refractivity contribution in [1.82, 2.24) is 15.2 Å². The van der Waals surface area contributed by atoms with Crippen molar-refractivity contribution in [3.8, 4) is 0 Å². The van der Waals surface area contributed by atoms with Crippen molar-refractivity contribution in [3.63, 3.8) is 0 Å². The van der Waals surface area contributed by atoms with Crippen LogP contribution in [0.4, 0.5) is 5.13 Å². The van der Waals surface area contributed by atoms with Gasteiger partial charge in [0.15, 0.2) is 5.13 Å². The molecule has 7 heteroatoms. The van der Waals surface area contributed by atoms with E-state index in [-0.39, 0.29) is 24.7 Å². The molecule has 1 aliphatic heterocycles. The van der Waals surface area contributed by atoms with Gasteiger partial charge in [-0.3, -0.25) is 9.59 Å². The van der Waals surface area contributed by atoms with Crippen molar-refractivity contribution in [2.24, 2.45) is 0 Å². The molecular formula is C18H30N4O2S. The van der Waals surface area contributed by atoms with Gasteiger partial charge in [0.05, 0.1) is 0 Å². The SMILES string of the molecule is CCCN(CCC)C(=O)CCC(=O)Nc1ncc(C2CCNCC2)s1. The molecule has 6 nitrogen and oxygen atoms in total. The van der Waals surface area contributed by atoms with Gasteiger partial charge in [0.25, 0.3) is 0 Å². The lowest BCUT2D eigenvalue weighted by molar-refractivity contribution is -0.132. The maximum absolute atomic E-state index is 12.2. The summed E-state index contributed by atoms with van der Waals surface area (Å²) in [6.07, 6.45) is 6.48. The molecule has 0 saturated carbocycles. The number of hydrogen-bond acceptors (Lipinski definition) is 5. The number of aromatic nitrogens is 1. The second-order valence-corrected chi connectivity index (χ2v) is 7.58. The molecule has 1 aliphatic rings. The van der Waals surface area contributed by atoms with E-state index >= 15 is 0 Å². The Labute approximate surface area is 154 Å². The zero-order valence-corrected chi connectivity index (χ0v) is 16.2. The van der Waals surface area contributed by atoms with Crippen molar-refractivity contribution in [2.45, 2.75) is 58.3 Å². The van der Waals surface area contributed by atoms with Crippen LogP contribution in [0.3, 0.4) is 0 Å². The summed E-state index contributed by atoms with van der Waals surface area (Å²) in [5, 5.41) is 6.84.